The number of carbonyl (C=O) groups excluding carboxylic acids is 1. The zero-order valence-electron chi connectivity index (χ0n) is 22.2. The summed E-state index contributed by atoms with van der Waals surface area (Å²) in [6, 6.07) is 13.7. The molecule has 42 heavy (non-hydrogen) atoms. The van der Waals surface area contributed by atoms with Crippen LogP contribution in [0, 0.1) is 0 Å². The minimum absolute atomic E-state index is 0.0300. The molecule has 2 aromatic carbocycles. The fraction of sp³-hybridized carbons (Fsp3) is 0.346. The van der Waals surface area contributed by atoms with Crippen LogP contribution in [-0.4, -0.2) is 57.9 Å². The molecule has 1 fully saturated rings. The first-order chi connectivity index (χ1) is 19.7. The molecule has 16 heteroatoms. The molecule has 228 valence electrons. The number of anilines is 1. The van der Waals surface area contributed by atoms with Gasteiger partial charge in [0.2, 0.25) is 0 Å². The van der Waals surface area contributed by atoms with Crippen molar-refractivity contribution in [3.05, 3.63) is 76.2 Å². The molecule has 0 bridgehead atoms. The van der Waals surface area contributed by atoms with Crippen molar-refractivity contribution in [2.24, 2.45) is 0 Å². The van der Waals surface area contributed by atoms with Gasteiger partial charge in [-0.25, -0.2) is 8.42 Å². The molecule has 1 aromatic heterocycles. The highest BCUT2D eigenvalue weighted by Crippen LogP contribution is 2.36. The minimum atomic E-state index is -5.57. The normalized spacial score (nSPS) is 15.4. The predicted molar refractivity (Wildman–Crippen MR) is 150 cm³/mol. The highest BCUT2D eigenvalue weighted by molar-refractivity contribution is 7.93. The number of ether oxygens (including phenoxy) is 1. The number of benzene rings is 2. The van der Waals surface area contributed by atoms with E-state index in [0.29, 0.717) is 34.6 Å². The first-order valence-corrected chi connectivity index (χ1v) is 16.3. The van der Waals surface area contributed by atoms with Crippen LogP contribution >= 0.6 is 11.3 Å². The van der Waals surface area contributed by atoms with E-state index >= 15 is 0 Å². The maximum Gasteiger partial charge on any atom is 0.516 e. The monoisotopic (exact) mass is 647 g/mol. The number of methoxy groups -OCH3 is 1. The Kier molecular flexibility index (Phi) is 9.52. The van der Waals surface area contributed by atoms with Crippen LogP contribution in [0.5, 0.6) is 5.75 Å². The van der Waals surface area contributed by atoms with Gasteiger partial charge in [-0.1, -0.05) is 18.2 Å². The van der Waals surface area contributed by atoms with Crippen LogP contribution < -0.4 is 14.8 Å². The van der Waals surface area contributed by atoms with Gasteiger partial charge in [0.1, 0.15) is 9.96 Å². The van der Waals surface area contributed by atoms with E-state index in [-0.39, 0.29) is 46.9 Å². The molecule has 0 unspecified atom stereocenters. The number of thiophene rings is 1. The Morgan fingerprint density at radius 2 is 1.76 bits per heavy atom. The maximum absolute atomic E-state index is 13.5. The van der Waals surface area contributed by atoms with Crippen molar-refractivity contribution in [3.63, 3.8) is 0 Å². The van der Waals surface area contributed by atoms with E-state index in [1.54, 1.807) is 30.3 Å². The number of halogens is 3. The Morgan fingerprint density at radius 1 is 1.07 bits per heavy atom. The molecule has 0 radical (unpaired) electrons. The van der Waals surface area contributed by atoms with Crippen LogP contribution in [0.4, 0.5) is 18.9 Å². The number of hydrogen-bond donors (Lipinski definition) is 3. The van der Waals surface area contributed by atoms with Gasteiger partial charge in [-0.15, -0.1) is 11.3 Å². The second-order valence-electron chi connectivity index (χ2n) is 9.45. The number of nitrogens with zero attached hydrogens (tertiary/aromatic N) is 1. The zero-order chi connectivity index (χ0) is 30.7. The molecule has 0 atom stereocenters. The number of rotatable bonds is 10. The van der Waals surface area contributed by atoms with Crippen molar-refractivity contribution in [1.29, 1.82) is 0 Å². The Labute approximate surface area is 245 Å². The Balaban J connectivity index is 1.42. The lowest BCUT2D eigenvalue weighted by Gasteiger charge is -2.31. The maximum atomic E-state index is 13.5. The summed E-state index contributed by atoms with van der Waals surface area (Å²) in [5, 5.41) is 12.6. The Bertz CT molecular complexity index is 1650. The second-order valence-corrected chi connectivity index (χ2v) is 14.4. The van der Waals surface area contributed by atoms with E-state index in [0.717, 1.165) is 11.3 Å². The lowest BCUT2D eigenvalue weighted by Crippen LogP contribution is -2.37. The van der Waals surface area contributed by atoms with Crippen molar-refractivity contribution in [2.45, 2.75) is 41.6 Å². The predicted octanol–water partition coefficient (Wildman–Crippen LogP) is 4.01. The molecule has 1 saturated heterocycles. The first-order valence-electron chi connectivity index (χ1n) is 12.6. The second kappa shape index (κ2) is 12.6. The van der Waals surface area contributed by atoms with Gasteiger partial charge in [-0.2, -0.15) is 25.9 Å². The minimum Gasteiger partial charge on any atom is -0.497 e. The van der Waals surface area contributed by atoms with Gasteiger partial charge in [0, 0.05) is 34.8 Å². The lowest BCUT2D eigenvalue weighted by atomic mass is 9.90. The van der Waals surface area contributed by atoms with Crippen molar-refractivity contribution in [2.75, 3.05) is 24.9 Å². The molecule has 3 aromatic rings. The average Bonchev–Trinajstić information content (AvgIpc) is 3.40. The van der Waals surface area contributed by atoms with Crippen molar-refractivity contribution < 1.29 is 44.6 Å². The first kappa shape index (κ1) is 31.7. The molecule has 1 aliphatic heterocycles. The topological polar surface area (TPSA) is 142 Å². The molecular formula is C26H28F3N3O7S3. The van der Waals surface area contributed by atoms with Gasteiger partial charge in [0.05, 0.1) is 20.3 Å². The largest absolute Gasteiger partial charge is 0.516 e. The molecular weight excluding hydrogens is 619 g/mol. The van der Waals surface area contributed by atoms with E-state index in [9.17, 15) is 39.9 Å². The van der Waals surface area contributed by atoms with E-state index in [4.69, 9.17) is 4.74 Å². The van der Waals surface area contributed by atoms with Gasteiger partial charge >= 0.3 is 15.5 Å². The fourth-order valence-electron chi connectivity index (χ4n) is 4.53. The average molecular weight is 648 g/mol. The van der Waals surface area contributed by atoms with Crippen molar-refractivity contribution in [1.82, 2.24) is 9.62 Å². The fourth-order valence-corrected chi connectivity index (χ4v) is 8.36. The molecule has 0 saturated carbocycles. The highest BCUT2D eigenvalue weighted by atomic mass is 32.2. The number of alkyl halides is 3. The van der Waals surface area contributed by atoms with Crippen LogP contribution in [0.15, 0.2) is 58.8 Å². The third kappa shape index (κ3) is 7.06. The van der Waals surface area contributed by atoms with Gasteiger partial charge in [-0.05, 0) is 60.7 Å². The molecule has 3 N–H and O–H groups in total. The number of carbonyl (C=O) groups is 1. The lowest BCUT2D eigenvalue weighted by molar-refractivity contribution is -0.0429. The Hall–Kier alpha value is -3.18. The standard InChI is InChI=1S/C26H28F3N3O7S3/c1-39-22-7-3-5-19(13-22)24(34)30-15-23-14-20(16-33)25(40-23)41(35,36)32-10-8-17(9-11-32)18-4-2-6-21(12-18)31-42(37,38)26(27,28)29/h2-7,12-14,17,31,33H,8-11,15-16H2,1H3,(H,30,34). The van der Waals surface area contributed by atoms with E-state index in [1.165, 1.54) is 40.4 Å². The summed E-state index contributed by atoms with van der Waals surface area (Å²) < 4.78 is 96.1. The summed E-state index contributed by atoms with van der Waals surface area (Å²) in [5.74, 6) is -0.0818. The smallest absolute Gasteiger partial charge is 0.497 e. The third-order valence-electron chi connectivity index (χ3n) is 6.69. The van der Waals surface area contributed by atoms with Crippen LogP contribution in [0.1, 0.15) is 45.1 Å². The molecule has 1 amide bonds. The van der Waals surface area contributed by atoms with Gasteiger partial charge in [0.15, 0.2) is 0 Å². The van der Waals surface area contributed by atoms with E-state index in [2.05, 4.69) is 5.32 Å². The molecule has 0 spiro atoms. The third-order valence-corrected chi connectivity index (χ3v) is 11.4. The number of aliphatic hydroxyl groups is 1. The number of aliphatic hydroxyl groups excluding tert-OH is 1. The molecule has 4 rings (SSSR count). The van der Waals surface area contributed by atoms with Crippen LogP contribution in [0.25, 0.3) is 0 Å². The van der Waals surface area contributed by atoms with Crippen LogP contribution in [0.3, 0.4) is 0 Å². The zero-order valence-corrected chi connectivity index (χ0v) is 24.7. The van der Waals surface area contributed by atoms with Crippen molar-refractivity contribution >= 4 is 43.0 Å². The number of nitrogens with one attached hydrogen (secondary N) is 2. The van der Waals surface area contributed by atoms with Crippen LogP contribution in [0.2, 0.25) is 0 Å². The molecule has 0 aliphatic carbocycles. The summed E-state index contributed by atoms with van der Waals surface area (Å²) in [6.07, 6.45) is 0.690. The summed E-state index contributed by atoms with van der Waals surface area (Å²) in [7, 11) is -8.08. The highest BCUT2D eigenvalue weighted by Gasteiger charge is 2.46. The van der Waals surface area contributed by atoms with Gasteiger partial charge in [0.25, 0.3) is 15.9 Å². The summed E-state index contributed by atoms with van der Waals surface area (Å²) in [6.45, 7) is -0.266. The molecule has 2 heterocycles. The summed E-state index contributed by atoms with van der Waals surface area (Å²) >= 11 is 0.950. The Morgan fingerprint density at radius 3 is 2.40 bits per heavy atom. The van der Waals surface area contributed by atoms with Crippen molar-refractivity contribution in [3.8, 4) is 5.75 Å². The molecule has 1 aliphatic rings. The van der Waals surface area contributed by atoms with Gasteiger partial charge in [-0.3, -0.25) is 9.52 Å². The number of sulfonamides is 2. The van der Waals surface area contributed by atoms with Crippen LogP contribution in [-0.2, 0) is 33.2 Å². The quantitative estimate of drug-likeness (QED) is 0.302. The van der Waals surface area contributed by atoms with E-state index in [1.807, 2.05) is 0 Å². The number of hydrogen-bond acceptors (Lipinski definition) is 8. The van der Waals surface area contributed by atoms with E-state index < -0.39 is 32.2 Å². The summed E-state index contributed by atoms with van der Waals surface area (Å²) in [5.41, 5.74) is -4.54. The van der Waals surface area contributed by atoms with Gasteiger partial charge < -0.3 is 15.2 Å². The SMILES string of the molecule is COc1cccc(C(=O)NCc2cc(CO)c(S(=O)(=O)N3CCC(c4cccc(NS(=O)(=O)C(F)(F)F)c4)CC3)s2)c1. The number of amides is 1. The number of piperidine rings is 1. The molecule has 10 nitrogen and oxygen atoms in total. The summed E-state index contributed by atoms with van der Waals surface area (Å²) in [4.78, 5) is 13.1.